The first kappa shape index (κ1) is 13.3. The van der Waals surface area contributed by atoms with E-state index < -0.39 is 17.9 Å². The normalized spacial score (nSPS) is 24.1. The topological polar surface area (TPSA) is 46.3 Å². The molecule has 98 valence electrons. The zero-order chi connectivity index (χ0) is 13.4. The van der Waals surface area contributed by atoms with Crippen molar-refractivity contribution in [3.05, 3.63) is 34.6 Å². The fourth-order valence-electron chi connectivity index (χ4n) is 2.52. The summed E-state index contributed by atoms with van der Waals surface area (Å²) in [5.41, 5.74) is 6.37. The zero-order valence-electron chi connectivity index (χ0n) is 10.4. The van der Waals surface area contributed by atoms with Crippen LogP contribution in [0.3, 0.4) is 0 Å². The first-order valence-corrected chi connectivity index (χ1v) is 6.32. The molecule has 1 saturated heterocycles. The molecule has 18 heavy (non-hydrogen) atoms. The molecule has 1 aromatic carbocycles. The molecule has 0 saturated carbocycles. The summed E-state index contributed by atoms with van der Waals surface area (Å²) >= 11 is 5.78. The highest BCUT2D eigenvalue weighted by Gasteiger charge is 2.41. The lowest BCUT2D eigenvalue weighted by atomic mass is 9.99. The minimum atomic E-state index is -0.486. The third-order valence-corrected chi connectivity index (χ3v) is 3.55. The molecular weight excluding hydrogens is 255 g/mol. The molecule has 1 aliphatic heterocycles. The first-order valence-electron chi connectivity index (χ1n) is 5.94. The first-order chi connectivity index (χ1) is 8.43. The number of nitrogens with zero attached hydrogens (tertiary/aromatic N) is 1. The molecule has 3 nitrogen and oxygen atoms in total. The number of carbonyl (C=O) groups is 1. The van der Waals surface area contributed by atoms with Crippen molar-refractivity contribution in [3.8, 4) is 0 Å². The van der Waals surface area contributed by atoms with Gasteiger partial charge in [-0.3, -0.25) is 4.79 Å². The molecule has 1 fully saturated rings. The van der Waals surface area contributed by atoms with Crippen molar-refractivity contribution in [1.82, 2.24) is 4.90 Å². The van der Waals surface area contributed by atoms with Crippen molar-refractivity contribution in [2.24, 2.45) is 5.73 Å². The molecular formula is C13H16ClFN2O. The van der Waals surface area contributed by atoms with Gasteiger partial charge in [0.15, 0.2) is 0 Å². The second kappa shape index (κ2) is 4.86. The number of amides is 1. The fraction of sp³-hybridized carbons (Fsp3) is 0.462. The van der Waals surface area contributed by atoms with E-state index in [4.69, 9.17) is 17.3 Å². The van der Waals surface area contributed by atoms with Gasteiger partial charge in [-0.2, -0.15) is 0 Å². The van der Waals surface area contributed by atoms with Gasteiger partial charge in [-0.15, -0.1) is 0 Å². The molecule has 2 N–H and O–H groups in total. The van der Waals surface area contributed by atoms with E-state index in [0.29, 0.717) is 5.56 Å². The predicted octanol–water partition coefficient (Wildman–Crippen LogP) is 2.49. The highest BCUT2D eigenvalue weighted by Crippen LogP contribution is 2.36. The Balaban J connectivity index is 2.47. The summed E-state index contributed by atoms with van der Waals surface area (Å²) in [4.78, 5) is 13.5. The number of rotatable bonds is 2. The fourth-order valence-corrected chi connectivity index (χ4v) is 2.70. The van der Waals surface area contributed by atoms with E-state index in [-0.39, 0.29) is 23.4 Å². The minimum absolute atomic E-state index is 0.0190. The molecule has 0 spiro atoms. The van der Waals surface area contributed by atoms with Crippen LogP contribution in [-0.2, 0) is 4.79 Å². The summed E-state index contributed by atoms with van der Waals surface area (Å²) in [5, 5.41) is 0.0581. The van der Waals surface area contributed by atoms with E-state index in [9.17, 15) is 9.18 Å². The summed E-state index contributed by atoms with van der Waals surface area (Å²) in [5.74, 6) is -0.526. The maximum atomic E-state index is 14.1. The number of carbonyl (C=O) groups excluding carboxylic acids is 1. The van der Waals surface area contributed by atoms with Crippen molar-refractivity contribution < 1.29 is 9.18 Å². The van der Waals surface area contributed by atoms with E-state index >= 15 is 0 Å². The third kappa shape index (κ3) is 2.10. The Bertz CT molecular complexity index is 478. The zero-order valence-corrected chi connectivity index (χ0v) is 11.1. The van der Waals surface area contributed by atoms with Crippen molar-refractivity contribution in [2.75, 3.05) is 0 Å². The summed E-state index contributed by atoms with van der Waals surface area (Å²) in [7, 11) is 0. The monoisotopic (exact) mass is 270 g/mol. The van der Waals surface area contributed by atoms with Crippen LogP contribution in [0, 0.1) is 5.82 Å². The van der Waals surface area contributed by atoms with Gasteiger partial charge in [-0.1, -0.05) is 23.7 Å². The smallest absolute Gasteiger partial charge is 0.225 e. The molecule has 5 heteroatoms. The van der Waals surface area contributed by atoms with Gasteiger partial charge in [0.05, 0.1) is 11.1 Å². The third-order valence-electron chi connectivity index (χ3n) is 3.26. The van der Waals surface area contributed by atoms with Crippen LogP contribution in [0.4, 0.5) is 4.39 Å². The van der Waals surface area contributed by atoms with Gasteiger partial charge in [0.1, 0.15) is 5.82 Å². The highest BCUT2D eigenvalue weighted by molar-refractivity contribution is 6.30. The Hall–Kier alpha value is -1.13. The van der Waals surface area contributed by atoms with Gasteiger partial charge in [-0.05, 0) is 19.9 Å². The van der Waals surface area contributed by atoms with Crippen LogP contribution < -0.4 is 5.73 Å². The van der Waals surface area contributed by atoms with Gasteiger partial charge in [0, 0.05) is 24.1 Å². The molecule has 0 radical (unpaired) electrons. The minimum Gasteiger partial charge on any atom is -0.331 e. The molecule has 1 amide bonds. The predicted molar refractivity (Wildman–Crippen MR) is 68.7 cm³/mol. The second-order valence-electron chi connectivity index (χ2n) is 4.85. The van der Waals surface area contributed by atoms with Gasteiger partial charge < -0.3 is 10.6 Å². The van der Waals surface area contributed by atoms with Gasteiger partial charge in [0.25, 0.3) is 0 Å². The Morgan fingerprint density at radius 2 is 2.17 bits per heavy atom. The Labute approximate surface area is 111 Å². The molecule has 0 aliphatic carbocycles. The van der Waals surface area contributed by atoms with E-state index in [1.54, 1.807) is 17.0 Å². The van der Waals surface area contributed by atoms with Crippen LogP contribution in [-0.4, -0.2) is 22.9 Å². The van der Waals surface area contributed by atoms with Crippen LogP contribution in [0.1, 0.15) is 31.9 Å². The van der Waals surface area contributed by atoms with Crippen LogP contribution in [0.15, 0.2) is 18.2 Å². The van der Waals surface area contributed by atoms with Gasteiger partial charge in [0.2, 0.25) is 5.91 Å². The standard InChI is InChI=1S/C13H16ClFN2O/c1-7(2)17-11(18)6-10(16)13(17)8-4-3-5-9(14)12(8)15/h3-5,7,10,13H,6,16H2,1-2H3. The molecule has 1 aromatic rings. The van der Waals surface area contributed by atoms with Crippen LogP contribution in [0.5, 0.6) is 0 Å². The van der Waals surface area contributed by atoms with Crippen LogP contribution >= 0.6 is 11.6 Å². The highest BCUT2D eigenvalue weighted by atomic mass is 35.5. The molecule has 0 aromatic heterocycles. The number of nitrogens with two attached hydrogens (primary N) is 1. The SMILES string of the molecule is CC(C)N1C(=O)CC(N)C1c1cccc(Cl)c1F. The maximum Gasteiger partial charge on any atom is 0.225 e. The Kier molecular flexibility index (Phi) is 3.59. The average molecular weight is 271 g/mol. The molecule has 2 atom stereocenters. The second-order valence-corrected chi connectivity index (χ2v) is 5.26. The van der Waals surface area contributed by atoms with Crippen LogP contribution in [0.25, 0.3) is 0 Å². The van der Waals surface area contributed by atoms with Gasteiger partial charge in [-0.25, -0.2) is 4.39 Å². The maximum absolute atomic E-state index is 14.1. The van der Waals surface area contributed by atoms with Crippen LogP contribution in [0.2, 0.25) is 5.02 Å². The number of hydrogen-bond donors (Lipinski definition) is 1. The lowest BCUT2D eigenvalue weighted by Crippen LogP contribution is -2.38. The lowest BCUT2D eigenvalue weighted by molar-refractivity contribution is -0.130. The lowest BCUT2D eigenvalue weighted by Gasteiger charge is -2.31. The summed E-state index contributed by atoms with van der Waals surface area (Å²) in [6, 6.07) is 3.95. The summed E-state index contributed by atoms with van der Waals surface area (Å²) < 4.78 is 14.1. The van der Waals surface area contributed by atoms with E-state index in [1.165, 1.54) is 6.07 Å². The number of likely N-dealkylation sites (tertiary alicyclic amines) is 1. The van der Waals surface area contributed by atoms with Crippen molar-refractivity contribution >= 4 is 17.5 Å². The van der Waals surface area contributed by atoms with Crippen molar-refractivity contribution in [1.29, 1.82) is 0 Å². The van der Waals surface area contributed by atoms with E-state index in [2.05, 4.69) is 0 Å². The van der Waals surface area contributed by atoms with Gasteiger partial charge >= 0.3 is 0 Å². The number of hydrogen-bond acceptors (Lipinski definition) is 2. The molecule has 2 rings (SSSR count). The average Bonchev–Trinajstić information content (AvgIpc) is 2.57. The van der Waals surface area contributed by atoms with Crippen molar-refractivity contribution in [3.63, 3.8) is 0 Å². The van der Waals surface area contributed by atoms with E-state index in [0.717, 1.165) is 0 Å². The molecule has 1 aliphatic rings. The van der Waals surface area contributed by atoms with E-state index in [1.807, 2.05) is 13.8 Å². The molecule has 1 heterocycles. The summed E-state index contributed by atoms with van der Waals surface area (Å²) in [6.45, 7) is 3.79. The quantitative estimate of drug-likeness (QED) is 0.897. The molecule has 2 unspecified atom stereocenters. The number of benzene rings is 1. The van der Waals surface area contributed by atoms with Crippen molar-refractivity contribution in [2.45, 2.75) is 38.4 Å². The Morgan fingerprint density at radius 3 is 2.78 bits per heavy atom. The molecule has 0 bridgehead atoms. The largest absolute Gasteiger partial charge is 0.331 e. The number of halogens is 2. The summed E-state index contributed by atoms with van der Waals surface area (Å²) in [6.07, 6.45) is 0.245. The Morgan fingerprint density at radius 1 is 1.50 bits per heavy atom.